The molecule has 11 heteroatoms. The van der Waals surface area contributed by atoms with E-state index < -0.39 is 0 Å². The Balaban J connectivity index is 1.48. The largest absolute Gasteiger partial charge is 0.494 e. The summed E-state index contributed by atoms with van der Waals surface area (Å²) in [5.41, 5.74) is 9.58. The second kappa shape index (κ2) is 12.6. The minimum atomic E-state index is -0.370. The number of thioether (sulfide) groups is 2. The summed E-state index contributed by atoms with van der Waals surface area (Å²) in [6.07, 6.45) is 1.37. The highest BCUT2D eigenvalue weighted by atomic mass is 35.5. The summed E-state index contributed by atoms with van der Waals surface area (Å²) in [5, 5.41) is 11.3. The van der Waals surface area contributed by atoms with Crippen LogP contribution >= 0.6 is 35.1 Å². The Morgan fingerprint density at radius 1 is 1.00 bits per heavy atom. The van der Waals surface area contributed by atoms with E-state index in [2.05, 4.69) is 38.1 Å². The SMILES string of the molecule is COC(=O)c1c2c3ccc(Cl)c(c3n1C)-c1c(nn(C)c1C)CSCc1cc(n(C)n1)CSc1cc(C)cc(c1)OCCC2. The number of hydrogen-bond donors (Lipinski definition) is 0. The predicted octanol–water partition coefficient (Wildman–Crippen LogP) is 7.42. The molecule has 0 fully saturated rings. The van der Waals surface area contributed by atoms with E-state index in [1.807, 2.05) is 47.2 Å². The number of methoxy groups -OCH3 is 1. The summed E-state index contributed by atoms with van der Waals surface area (Å²) >= 11 is 10.6. The molecule has 0 atom stereocenters. The molecule has 5 aromatic rings. The Kier molecular flexibility index (Phi) is 8.77. The zero-order valence-corrected chi connectivity index (χ0v) is 28.3. The van der Waals surface area contributed by atoms with Crippen molar-refractivity contribution in [3.05, 3.63) is 81.0 Å². The lowest BCUT2D eigenvalue weighted by molar-refractivity contribution is 0.0589. The van der Waals surface area contributed by atoms with Gasteiger partial charge in [-0.1, -0.05) is 17.7 Å². The molecule has 44 heavy (non-hydrogen) atoms. The van der Waals surface area contributed by atoms with Crippen molar-refractivity contribution in [3.8, 4) is 16.9 Å². The first kappa shape index (κ1) is 30.7. The summed E-state index contributed by atoms with van der Waals surface area (Å²) < 4.78 is 17.4. The molecule has 2 aromatic carbocycles. The lowest BCUT2D eigenvalue weighted by Crippen LogP contribution is -2.11. The van der Waals surface area contributed by atoms with E-state index in [1.54, 1.807) is 23.5 Å². The fourth-order valence-corrected chi connectivity index (χ4v) is 8.21. The molecule has 0 radical (unpaired) electrons. The Hall–Kier alpha value is -3.34. The molecule has 0 unspecified atom stereocenters. The van der Waals surface area contributed by atoms with Gasteiger partial charge in [-0.2, -0.15) is 10.2 Å². The van der Waals surface area contributed by atoms with E-state index in [4.69, 9.17) is 31.3 Å². The van der Waals surface area contributed by atoms with Crippen LogP contribution in [0.3, 0.4) is 0 Å². The highest BCUT2D eigenvalue weighted by Gasteiger charge is 2.27. The average molecular weight is 650 g/mol. The summed E-state index contributed by atoms with van der Waals surface area (Å²) in [6.45, 7) is 4.67. The topological polar surface area (TPSA) is 76.1 Å². The number of nitrogens with zero attached hydrogens (tertiary/aromatic N) is 5. The first-order valence-corrected chi connectivity index (χ1v) is 17.1. The van der Waals surface area contributed by atoms with Gasteiger partial charge in [0.25, 0.3) is 0 Å². The molecule has 6 rings (SSSR count). The maximum absolute atomic E-state index is 13.2. The molecule has 0 saturated carbocycles. The molecule has 230 valence electrons. The molecule has 4 heterocycles. The Morgan fingerprint density at radius 3 is 2.61 bits per heavy atom. The van der Waals surface area contributed by atoms with Crippen molar-refractivity contribution in [2.45, 2.75) is 48.8 Å². The van der Waals surface area contributed by atoms with Gasteiger partial charge in [-0.25, -0.2) is 4.79 Å². The minimum Gasteiger partial charge on any atom is -0.494 e. The minimum absolute atomic E-state index is 0.370. The van der Waals surface area contributed by atoms with E-state index in [0.717, 1.165) is 78.8 Å². The van der Waals surface area contributed by atoms with Crippen LogP contribution in [0.4, 0.5) is 0 Å². The predicted molar refractivity (Wildman–Crippen MR) is 179 cm³/mol. The highest BCUT2D eigenvalue weighted by Crippen LogP contribution is 2.43. The van der Waals surface area contributed by atoms with Crippen LogP contribution in [0.1, 0.15) is 50.8 Å². The number of esters is 1. The van der Waals surface area contributed by atoms with Gasteiger partial charge in [-0.3, -0.25) is 9.36 Å². The van der Waals surface area contributed by atoms with Crippen molar-refractivity contribution in [2.75, 3.05) is 13.7 Å². The molecule has 8 bridgehead atoms. The fourth-order valence-electron chi connectivity index (χ4n) is 6.06. The standard InChI is InChI=1S/C33H36ClN5O3S2/c1-19-12-23-15-24(13-19)44-17-22-14-21(35-39(22)5)16-43-18-28-29(20(2)38(4)36-28)30-27(34)10-9-26-25(8-7-11-42-23)32(33(40)41-6)37(3)31(26)30/h9-10,12-15H,7-8,11,16-18H2,1-6H3. The van der Waals surface area contributed by atoms with Gasteiger partial charge in [0.05, 0.1) is 35.6 Å². The number of fused-ring (bicyclic) bond motifs is 6. The van der Waals surface area contributed by atoms with Crippen molar-refractivity contribution >= 4 is 52.0 Å². The molecular formula is C33H36ClN5O3S2. The first-order chi connectivity index (χ1) is 21.2. The third-order valence-electron chi connectivity index (χ3n) is 8.21. The molecule has 0 saturated heterocycles. The number of ether oxygens (including phenoxy) is 2. The highest BCUT2D eigenvalue weighted by molar-refractivity contribution is 7.98. The number of aryl methyl sites for hydroxylation is 5. The Labute approximate surface area is 271 Å². The van der Waals surface area contributed by atoms with E-state index in [1.165, 1.54) is 12.8 Å². The van der Waals surface area contributed by atoms with Crippen LogP contribution in [0.2, 0.25) is 5.02 Å². The molecule has 0 spiro atoms. The lowest BCUT2D eigenvalue weighted by atomic mass is 9.98. The summed E-state index contributed by atoms with van der Waals surface area (Å²) in [4.78, 5) is 14.4. The van der Waals surface area contributed by atoms with Crippen molar-refractivity contribution in [2.24, 2.45) is 21.1 Å². The van der Waals surface area contributed by atoms with Crippen LogP contribution in [0.15, 0.2) is 41.3 Å². The molecule has 3 aromatic heterocycles. The first-order valence-electron chi connectivity index (χ1n) is 14.5. The van der Waals surface area contributed by atoms with Crippen molar-refractivity contribution in [1.29, 1.82) is 0 Å². The third-order valence-corrected chi connectivity index (χ3v) is 10.5. The van der Waals surface area contributed by atoms with E-state index in [-0.39, 0.29) is 5.97 Å². The summed E-state index contributed by atoms with van der Waals surface area (Å²) in [5.74, 6) is 2.74. The van der Waals surface area contributed by atoms with E-state index >= 15 is 0 Å². The molecular weight excluding hydrogens is 614 g/mol. The zero-order valence-electron chi connectivity index (χ0n) is 25.9. The van der Waals surface area contributed by atoms with Crippen LogP contribution in [0.25, 0.3) is 22.0 Å². The summed E-state index contributed by atoms with van der Waals surface area (Å²) in [6, 6.07) is 12.5. The van der Waals surface area contributed by atoms with E-state index in [0.29, 0.717) is 29.5 Å². The number of benzene rings is 2. The van der Waals surface area contributed by atoms with Crippen LogP contribution in [0, 0.1) is 13.8 Å². The second-order valence-corrected chi connectivity index (χ2v) is 13.6. The van der Waals surface area contributed by atoms with Gasteiger partial charge in [0.15, 0.2) is 0 Å². The molecule has 1 aliphatic heterocycles. The number of hydrogen-bond acceptors (Lipinski definition) is 7. The van der Waals surface area contributed by atoms with Crippen LogP contribution in [0.5, 0.6) is 5.75 Å². The van der Waals surface area contributed by atoms with Crippen LogP contribution < -0.4 is 4.74 Å². The fraction of sp³-hybridized carbons (Fsp3) is 0.364. The van der Waals surface area contributed by atoms with Crippen molar-refractivity contribution in [1.82, 2.24) is 24.1 Å². The molecule has 0 amide bonds. The normalized spacial score (nSPS) is 14.2. The number of rotatable bonds is 1. The maximum atomic E-state index is 13.2. The van der Waals surface area contributed by atoms with E-state index in [9.17, 15) is 4.79 Å². The monoisotopic (exact) mass is 649 g/mol. The average Bonchev–Trinajstić information content (AvgIpc) is 3.59. The van der Waals surface area contributed by atoms with Gasteiger partial charge in [-0.15, -0.1) is 23.5 Å². The van der Waals surface area contributed by atoms with Gasteiger partial charge in [-0.05, 0) is 68.1 Å². The van der Waals surface area contributed by atoms with Gasteiger partial charge in [0.2, 0.25) is 0 Å². The molecule has 8 nitrogen and oxygen atoms in total. The van der Waals surface area contributed by atoms with Crippen molar-refractivity contribution < 1.29 is 14.3 Å². The number of halogens is 1. The Morgan fingerprint density at radius 2 is 1.82 bits per heavy atom. The van der Waals surface area contributed by atoms with Gasteiger partial charge >= 0.3 is 5.97 Å². The molecule has 1 aliphatic rings. The zero-order chi connectivity index (χ0) is 31.1. The van der Waals surface area contributed by atoms with Gasteiger partial charge in [0, 0.05) is 71.2 Å². The second-order valence-electron chi connectivity index (χ2n) is 11.2. The van der Waals surface area contributed by atoms with Crippen LogP contribution in [-0.4, -0.2) is 43.8 Å². The third kappa shape index (κ3) is 5.75. The van der Waals surface area contributed by atoms with Crippen LogP contribution in [-0.2, 0) is 49.6 Å². The lowest BCUT2D eigenvalue weighted by Gasteiger charge is -2.12. The quantitative estimate of drug-likeness (QED) is 0.175. The molecule has 0 N–H and O–H groups in total. The van der Waals surface area contributed by atoms with Gasteiger partial charge in [0.1, 0.15) is 11.4 Å². The smallest absolute Gasteiger partial charge is 0.354 e. The summed E-state index contributed by atoms with van der Waals surface area (Å²) in [7, 11) is 7.31. The molecule has 0 aliphatic carbocycles. The number of carbonyl (C=O) groups is 1. The van der Waals surface area contributed by atoms with Crippen molar-refractivity contribution in [3.63, 3.8) is 0 Å². The number of carbonyl (C=O) groups excluding carboxylic acids is 1. The number of aromatic nitrogens is 5. The van der Waals surface area contributed by atoms with Gasteiger partial charge < -0.3 is 14.0 Å². The maximum Gasteiger partial charge on any atom is 0.354 e. The Bertz CT molecular complexity index is 1890.